The maximum Gasteiger partial charge on any atom is 0.304 e. The zero-order valence-corrected chi connectivity index (χ0v) is 11.6. The molecule has 0 amide bonds. The van der Waals surface area contributed by atoms with Crippen LogP contribution in [0.4, 0.5) is 0 Å². The van der Waals surface area contributed by atoms with E-state index in [9.17, 15) is 4.79 Å². The van der Waals surface area contributed by atoms with Gasteiger partial charge in [-0.2, -0.15) is 0 Å². The Morgan fingerprint density at radius 1 is 1.20 bits per heavy atom. The quantitative estimate of drug-likeness (QED) is 0.632. The lowest BCUT2D eigenvalue weighted by Gasteiger charge is -2.13. The van der Waals surface area contributed by atoms with Crippen molar-refractivity contribution in [3.8, 4) is 12.0 Å². The number of carbonyl (C=O) groups excluding carboxylic acids is 1. The number of esters is 1. The maximum absolute atomic E-state index is 11.3. The largest absolute Gasteiger partial charge is 0.447 e. The monoisotopic (exact) mass is 268 g/mol. The molecular weight excluding hydrogens is 252 g/mol. The number of benzene rings is 2. The van der Waals surface area contributed by atoms with Gasteiger partial charge < -0.3 is 9.47 Å². The molecule has 3 nitrogen and oxygen atoms in total. The third-order valence-corrected chi connectivity index (χ3v) is 2.80. The number of carbonyl (C=O) groups is 1. The minimum atomic E-state index is -0.620. The molecular formula is C17H16O3. The summed E-state index contributed by atoms with van der Waals surface area (Å²) in [7, 11) is 0. The van der Waals surface area contributed by atoms with Gasteiger partial charge in [0.15, 0.2) is 6.10 Å². The van der Waals surface area contributed by atoms with Crippen molar-refractivity contribution < 1.29 is 14.3 Å². The van der Waals surface area contributed by atoms with Crippen molar-refractivity contribution in [2.45, 2.75) is 20.0 Å². The van der Waals surface area contributed by atoms with Gasteiger partial charge in [0.2, 0.25) is 0 Å². The average molecular weight is 268 g/mol. The van der Waals surface area contributed by atoms with Crippen molar-refractivity contribution in [1.82, 2.24) is 0 Å². The Balaban J connectivity index is 2.45. The predicted octanol–water partition coefficient (Wildman–Crippen LogP) is 3.44. The first-order valence-electron chi connectivity index (χ1n) is 6.49. The number of rotatable bonds is 3. The molecule has 0 aliphatic rings. The highest BCUT2D eigenvalue weighted by Gasteiger charge is 2.14. The minimum absolute atomic E-state index is 0.367. The van der Waals surface area contributed by atoms with Gasteiger partial charge in [-0.1, -0.05) is 42.5 Å². The molecule has 20 heavy (non-hydrogen) atoms. The third kappa shape index (κ3) is 3.30. The molecule has 0 spiro atoms. The second-order valence-corrected chi connectivity index (χ2v) is 4.24. The maximum atomic E-state index is 11.3. The van der Waals surface area contributed by atoms with E-state index in [0.717, 1.165) is 16.3 Å². The highest BCUT2D eigenvalue weighted by molar-refractivity contribution is 5.86. The molecule has 1 atom stereocenters. The molecule has 0 aliphatic carbocycles. The Bertz CT molecular complexity index is 659. The van der Waals surface area contributed by atoms with Crippen molar-refractivity contribution >= 4 is 16.7 Å². The molecule has 0 aromatic heterocycles. The van der Waals surface area contributed by atoms with Crippen LogP contribution in [0, 0.1) is 12.0 Å². The normalized spacial score (nSPS) is 11.3. The van der Waals surface area contributed by atoms with Crippen LogP contribution in [0.25, 0.3) is 10.8 Å². The molecule has 3 heteroatoms. The van der Waals surface area contributed by atoms with Gasteiger partial charge in [0.25, 0.3) is 0 Å². The Morgan fingerprint density at radius 2 is 1.95 bits per heavy atom. The SMILES string of the molecule is CCOC#CC(OC(C)=O)c1cccc2ccccc12. The second-order valence-electron chi connectivity index (χ2n) is 4.24. The molecule has 2 aromatic rings. The fourth-order valence-corrected chi connectivity index (χ4v) is 1.98. The molecule has 2 rings (SSSR count). The van der Waals surface area contributed by atoms with Gasteiger partial charge in [0, 0.05) is 12.5 Å². The molecule has 2 aromatic carbocycles. The summed E-state index contributed by atoms with van der Waals surface area (Å²) in [6.07, 6.45) is 1.96. The standard InChI is InChI=1S/C17H16O3/c1-3-19-12-11-17(20-13(2)18)16-10-6-8-14-7-4-5-9-15(14)16/h4-10,17H,3H2,1-2H3. The van der Waals surface area contributed by atoms with Crippen LogP contribution in [0.2, 0.25) is 0 Å². The van der Waals surface area contributed by atoms with Crippen LogP contribution < -0.4 is 0 Å². The Kier molecular flexibility index (Phi) is 4.62. The molecule has 1 unspecified atom stereocenters. The van der Waals surface area contributed by atoms with Crippen LogP contribution in [0.3, 0.4) is 0 Å². The molecule has 0 aliphatic heterocycles. The van der Waals surface area contributed by atoms with Crippen LogP contribution >= 0.6 is 0 Å². The van der Waals surface area contributed by atoms with E-state index in [4.69, 9.17) is 9.47 Å². The van der Waals surface area contributed by atoms with Crippen molar-refractivity contribution in [3.05, 3.63) is 48.0 Å². The van der Waals surface area contributed by atoms with E-state index in [1.54, 1.807) is 0 Å². The van der Waals surface area contributed by atoms with Crippen LogP contribution in [-0.4, -0.2) is 12.6 Å². The molecule has 0 N–H and O–H groups in total. The van der Waals surface area contributed by atoms with Gasteiger partial charge in [-0.25, -0.2) is 0 Å². The summed E-state index contributed by atoms with van der Waals surface area (Å²) in [5, 5.41) is 2.10. The van der Waals surface area contributed by atoms with Crippen molar-refractivity contribution in [1.29, 1.82) is 0 Å². The summed E-state index contributed by atoms with van der Waals surface area (Å²) < 4.78 is 10.3. The number of fused-ring (bicyclic) bond motifs is 1. The zero-order valence-electron chi connectivity index (χ0n) is 11.6. The topological polar surface area (TPSA) is 35.5 Å². The molecule has 0 heterocycles. The van der Waals surface area contributed by atoms with Gasteiger partial charge in [-0.15, -0.1) is 0 Å². The fraction of sp³-hybridized carbons (Fsp3) is 0.235. The van der Waals surface area contributed by atoms with Crippen LogP contribution in [0.5, 0.6) is 0 Å². The van der Waals surface area contributed by atoms with E-state index in [1.807, 2.05) is 49.4 Å². The Hall–Kier alpha value is -2.47. The molecule has 102 valence electrons. The van der Waals surface area contributed by atoms with E-state index in [1.165, 1.54) is 6.92 Å². The Labute approximate surface area is 118 Å². The van der Waals surface area contributed by atoms with Gasteiger partial charge in [-0.05, 0) is 23.6 Å². The fourth-order valence-electron chi connectivity index (χ4n) is 1.98. The summed E-state index contributed by atoms with van der Waals surface area (Å²) >= 11 is 0. The van der Waals surface area contributed by atoms with Crippen molar-refractivity contribution in [2.24, 2.45) is 0 Å². The summed E-state index contributed by atoms with van der Waals surface area (Å²) in [4.78, 5) is 11.3. The molecule has 0 saturated carbocycles. The van der Waals surface area contributed by atoms with E-state index in [0.29, 0.717) is 6.61 Å². The first-order valence-corrected chi connectivity index (χ1v) is 6.49. The molecule has 0 bridgehead atoms. The zero-order chi connectivity index (χ0) is 14.4. The van der Waals surface area contributed by atoms with E-state index in [-0.39, 0.29) is 5.97 Å². The smallest absolute Gasteiger partial charge is 0.304 e. The molecule has 0 radical (unpaired) electrons. The summed E-state index contributed by atoms with van der Waals surface area (Å²) in [6.45, 7) is 3.73. The van der Waals surface area contributed by atoms with Crippen LogP contribution in [0.15, 0.2) is 42.5 Å². The van der Waals surface area contributed by atoms with E-state index < -0.39 is 6.10 Å². The average Bonchev–Trinajstić information content (AvgIpc) is 2.45. The highest BCUT2D eigenvalue weighted by Crippen LogP contribution is 2.26. The van der Waals surface area contributed by atoms with Gasteiger partial charge in [0.05, 0.1) is 6.61 Å². The lowest BCUT2D eigenvalue weighted by molar-refractivity contribution is -0.144. The predicted molar refractivity (Wildman–Crippen MR) is 77.9 cm³/mol. The van der Waals surface area contributed by atoms with Crippen molar-refractivity contribution in [3.63, 3.8) is 0 Å². The highest BCUT2D eigenvalue weighted by atomic mass is 16.5. The number of hydrogen-bond acceptors (Lipinski definition) is 3. The number of hydrogen-bond donors (Lipinski definition) is 0. The van der Waals surface area contributed by atoms with Crippen LogP contribution in [-0.2, 0) is 14.3 Å². The second kappa shape index (κ2) is 6.63. The molecule has 0 fully saturated rings. The first kappa shape index (κ1) is 14.0. The molecule has 0 saturated heterocycles. The third-order valence-electron chi connectivity index (χ3n) is 2.80. The Morgan fingerprint density at radius 3 is 2.70 bits per heavy atom. The first-order chi connectivity index (χ1) is 9.72. The number of ether oxygens (including phenoxy) is 2. The minimum Gasteiger partial charge on any atom is -0.447 e. The van der Waals surface area contributed by atoms with E-state index >= 15 is 0 Å². The van der Waals surface area contributed by atoms with Gasteiger partial charge in [0.1, 0.15) is 6.11 Å². The van der Waals surface area contributed by atoms with Crippen LogP contribution in [0.1, 0.15) is 25.5 Å². The van der Waals surface area contributed by atoms with Crippen molar-refractivity contribution in [2.75, 3.05) is 6.61 Å². The lowest BCUT2D eigenvalue weighted by atomic mass is 10.0. The lowest BCUT2D eigenvalue weighted by Crippen LogP contribution is -2.07. The summed E-state index contributed by atoms with van der Waals surface area (Å²) in [5.74, 6) is 2.48. The van der Waals surface area contributed by atoms with Gasteiger partial charge >= 0.3 is 5.97 Å². The summed E-state index contributed by atoms with van der Waals surface area (Å²) in [6, 6.07) is 13.8. The van der Waals surface area contributed by atoms with Gasteiger partial charge in [-0.3, -0.25) is 4.79 Å². The van der Waals surface area contributed by atoms with E-state index in [2.05, 4.69) is 12.0 Å². The summed E-state index contributed by atoms with van der Waals surface area (Å²) in [5.41, 5.74) is 0.866.